The number of hydrogen-bond acceptors (Lipinski definition) is 6. The van der Waals surface area contributed by atoms with Gasteiger partial charge in [0.05, 0.1) is 52.9 Å². The summed E-state index contributed by atoms with van der Waals surface area (Å²) in [6.07, 6.45) is 0.370. The molecular formula is C17H35N3O6. The summed E-state index contributed by atoms with van der Waals surface area (Å²) in [7, 11) is 1.56. The standard InChI is InChI=1S/C17H35N3O6/c1-15(2)14-20-16(21)4-6-23-8-10-25-12-13-26-11-9-24-7-5-19-17(22)18-3/h15H,4-14H2,1-3H3,(H,20,21)(H2,18,19,22). The zero-order chi connectivity index (χ0) is 19.5. The maximum Gasteiger partial charge on any atom is 0.314 e. The molecule has 0 atom stereocenters. The zero-order valence-corrected chi connectivity index (χ0v) is 16.3. The highest BCUT2D eigenvalue weighted by Gasteiger charge is 2.02. The number of ether oxygens (including phenoxy) is 4. The number of hydrogen-bond donors (Lipinski definition) is 3. The highest BCUT2D eigenvalue weighted by Crippen LogP contribution is 1.89. The van der Waals surface area contributed by atoms with E-state index in [0.29, 0.717) is 78.3 Å². The van der Waals surface area contributed by atoms with Crippen LogP contribution in [0.4, 0.5) is 4.79 Å². The highest BCUT2D eigenvalue weighted by molar-refractivity contribution is 5.75. The fourth-order valence-corrected chi connectivity index (χ4v) is 1.66. The van der Waals surface area contributed by atoms with E-state index in [1.165, 1.54) is 0 Å². The van der Waals surface area contributed by atoms with Crippen molar-refractivity contribution in [2.24, 2.45) is 5.92 Å². The van der Waals surface area contributed by atoms with Gasteiger partial charge >= 0.3 is 6.03 Å². The average molecular weight is 377 g/mol. The summed E-state index contributed by atoms with van der Waals surface area (Å²) >= 11 is 0. The Morgan fingerprint density at radius 2 is 1.27 bits per heavy atom. The molecule has 0 rings (SSSR count). The number of urea groups is 1. The van der Waals surface area contributed by atoms with E-state index in [1.54, 1.807) is 7.05 Å². The summed E-state index contributed by atoms with van der Waals surface area (Å²) in [5, 5.41) is 7.91. The Morgan fingerprint density at radius 1 is 0.769 bits per heavy atom. The zero-order valence-electron chi connectivity index (χ0n) is 16.3. The summed E-state index contributed by atoms with van der Waals surface area (Å²) in [5.74, 6) is 0.465. The van der Waals surface area contributed by atoms with Crippen molar-refractivity contribution in [2.45, 2.75) is 20.3 Å². The van der Waals surface area contributed by atoms with Gasteiger partial charge < -0.3 is 34.9 Å². The van der Waals surface area contributed by atoms with E-state index in [4.69, 9.17) is 18.9 Å². The third-order valence-corrected chi connectivity index (χ3v) is 3.06. The van der Waals surface area contributed by atoms with Crippen molar-refractivity contribution in [3.63, 3.8) is 0 Å². The van der Waals surface area contributed by atoms with Gasteiger partial charge in [0.1, 0.15) is 0 Å². The van der Waals surface area contributed by atoms with Crippen LogP contribution in [0.25, 0.3) is 0 Å². The van der Waals surface area contributed by atoms with E-state index in [0.717, 1.165) is 0 Å². The monoisotopic (exact) mass is 377 g/mol. The third-order valence-electron chi connectivity index (χ3n) is 3.06. The first-order valence-corrected chi connectivity index (χ1v) is 9.09. The Hall–Kier alpha value is -1.42. The first-order valence-electron chi connectivity index (χ1n) is 9.09. The molecule has 0 aromatic heterocycles. The Bertz CT molecular complexity index is 355. The Labute approximate surface area is 156 Å². The van der Waals surface area contributed by atoms with Gasteiger partial charge in [-0.2, -0.15) is 0 Å². The van der Waals surface area contributed by atoms with Gasteiger partial charge in [-0.1, -0.05) is 13.8 Å². The van der Waals surface area contributed by atoms with E-state index in [9.17, 15) is 9.59 Å². The lowest BCUT2D eigenvalue weighted by molar-refractivity contribution is -0.122. The molecule has 0 aromatic carbocycles. The SMILES string of the molecule is CNC(=O)NCCOCCOCCOCCOCCC(=O)NCC(C)C. The molecule has 3 amide bonds. The molecule has 0 heterocycles. The van der Waals surface area contributed by atoms with Gasteiger partial charge in [-0.05, 0) is 5.92 Å². The second kappa shape index (κ2) is 18.4. The molecule has 0 aromatic rings. The maximum absolute atomic E-state index is 11.4. The highest BCUT2D eigenvalue weighted by atomic mass is 16.6. The van der Waals surface area contributed by atoms with E-state index in [-0.39, 0.29) is 11.9 Å². The number of nitrogens with one attached hydrogen (secondary N) is 3. The van der Waals surface area contributed by atoms with E-state index in [1.807, 2.05) is 0 Å². The van der Waals surface area contributed by atoms with Crippen LogP contribution >= 0.6 is 0 Å². The topological polar surface area (TPSA) is 107 Å². The van der Waals surface area contributed by atoms with Crippen LogP contribution in [0.5, 0.6) is 0 Å². The number of rotatable bonds is 17. The number of carbonyl (C=O) groups is 2. The Morgan fingerprint density at radius 3 is 1.77 bits per heavy atom. The molecule has 0 bridgehead atoms. The van der Waals surface area contributed by atoms with Crippen molar-refractivity contribution in [1.82, 2.24) is 16.0 Å². The van der Waals surface area contributed by atoms with Crippen LogP contribution in [0.1, 0.15) is 20.3 Å². The first kappa shape index (κ1) is 24.6. The quantitative estimate of drug-likeness (QED) is 0.311. The van der Waals surface area contributed by atoms with Gasteiger partial charge in [-0.3, -0.25) is 4.79 Å². The molecule has 154 valence electrons. The molecule has 0 aliphatic heterocycles. The van der Waals surface area contributed by atoms with Gasteiger partial charge in [0.25, 0.3) is 0 Å². The average Bonchev–Trinajstić information content (AvgIpc) is 2.62. The predicted octanol–water partition coefficient (Wildman–Crippen LogP) is 0.144. The third kappa shape index (κ3) is 18.9. The minimum Gasteiger partial charge on any atom is -0.379 e. The van der Waals surface area contributed by atoms with Crippen LogP contribution in [0.3, 0.4) is 0 Å². The van der Waals surface area contributed by atoms with E-state index in [2.05, 4.69) is 29.8 Å². The van der Waals surface area contributed by atoms with Crippen LogP contribution in [0, 0.1) is 5.92 Å². The second-order valence-electron chi connectivity index (χ2n) is 5.90. The summed E-state index contributed by atoms with van der Waals surface area (Å²) < 4.78 is 21.3. The second-order valence-corrected chi connectivity index (χ2v) is 5.90. The Balaban J connectivity index is 3.13. The van der Waals surface area contributed by atoms with Crippen molar-refractivity contribution in [2.75, 3.05) is 73.0 Å². The molecule has 26 heavy (non-hydrogen) atoms. The van der Waals surface area contributed by atoms with Gasteiger partial charge in [-0.15, -0.1) is 0 Å². The molecule has 0 aliphatic rings. The molecule has 0 saturated carbocycles. The Kier molecular flexibility index (Phi) is 17.4. The fourth-order valence-electron chi connectivity index (χ4n) is 1.66. The first-order chi connectivity index (χ1) is 12.6. The van der Waals surface area contributed by atoms with Crippen molar-refractivity contribution in [3.8, 4) is 0 Å². The minimum absolute atomic E-state index is 0.0136. The molecule has 0 spiro atoms. The molecule has 3 N–H and O–H groups in total. The summed E-state index contributed by atoms with van der Waals surface area (Å²) in [4.78, 5) is 22.3. The molecular weight excluding hydrogens is 342 g/mol. The van der Waals surface area contributed by atoms with E-state index < -0.39 is 0 Å². The summed E-state index contributed by atoms with van der Waals surface area (Å²) in [5.41, 5.74) is 0. The van der Waals surface area contributed by atoms with E-state index >= 15 is 0 Å². The van der Waals surface area contributed by atoms with Crippen LogP contribution in [0.15, 0.2) is 0 Å². The number of carbonyl (C=O) groups excluding carboxylic acids is 2. The predicted molar refractivity (Wildman–Crippen MR) is 98.2 cm³/mol. The van der Waals surface area contributed by atoms with Gasteiger partial charge in [0.2, 0.25) is 5.91 Å². The van der Waals surface area contributed by atoms with Crippen LogP contribution in [-0.2, 0) is 23.7 Å². The molecule has 0 aliphatic carbocycles. The molecule has 0 radical (unpaired) electrons. The summed E-state index contributed by atoms with van der Waals surface area (Å²) in [6, 6.07) is -0.222. The summed E-state index contributed by atoms with van der Waals surface area (Å²) in [6.45, 7) is 8.95. The van der Waals surface area contributed by atoms with Gasteiger partial charge in [0, 0.05) is 26.6 Å². The van der Waals surface area contributed by atoms with Crippen LogP contribution in [-0.4, -0.2) is 84.9 Å². The van der Waals surface area contributed by atoms with Gasteiger partial charge in [0.15, 0.2) is 0 Å². The lowest BCUT2D eigenvalue weighted by Gasteiger charge is -2.09. The smallest absolute Gasteiger partial charge is 0.314 e. The molecule has 9 nitrogen and oxygen atoms in total. The molecule has 0 saturated heterocycles. The fraction of sp³-hybridized carbons (Fsp3) is 0.882. The van der Waals surface area contributed by atoms with Crippen molar-refractivity contribution in [1.29, 1.82) is 0 Å². The number of amides is 3. The lowest BCUT2D eigenvalue weighted by Crippen LogP contribution is -2.35. The minimum atomic E-state index is -0.222. The molecule has 0 fully saturated rings. The van der Waals surface area contributed by atoms with Crippen molar-refractivity contribution < 1.29 is 28.5 Å². The van der Waals surface area contributed by atoms with Crippen LogP contribution < -0.4 is 16.0 Å². The van der Waals surface area contributed by atoms with Gasteiger partial charge in [-0.25, -0.2) is 4.79 Å². The lowest BCUT2D eigenvalue weighted by atomic mass is 10.2. The largest absolute Gasteiger partial charge is 0.379 e. The molecule has 9 heteroatoms. The van der Waals surface area contributed by atoms with Crippen LogP contribution in [0.2, 0.25) is 0 Å². The molecule has 0 unspecified atom stereocenters. The maximum atomic E-state index is 11.4. The van der Waals surface area contributed by atoms with Crippen molar-refractivity contribution >= 4 is 11.9 Å². The normalized spacial score (nSPS) is 10.8. The van der Waals surface area contributed by atoms with Crippen molar-refractivity contribution in [3.05, 3.63) is 0 Å².